The first-order valence-electron chi connectivity index (χ1n) is 7.03. The van der Waals surface area contributed by atoms with E-state index < -0.39 is 0 Å². The van der Waals surface area contributed by atoms with E-state index in [-0.39, 0.29) is 6.10 Å². The zero-order valence-corrected chi connectivity index (χ0v) is 11.6. The van der Waals surface area contributed by atoms with Crippen molar-refractivity contribution in [1.29, 1.82) is 0 Å². The molecule has 1 fully saturated rings. The molecule has 0 radical (unpaired) electrons. The lowest BCUT2D eigenvalue weighted by molar-refractivity contribution is 0.154. The summed E-state index contributed by atoms with van der Waals surface area (Å²) in [5.74, 6) is 0.497. The summed E-state index contributed by atoms with van der Waals surface area (Å²) in [7, 11) is 0. The van der Waals surface area contributed by atoms with E-state index in [2.05, 4.69) is 49.0 Å². The van der Waals surface area contributed by atoms with E-state index in [4.69, 9.17) is 0 Å². The molecule has 100 valence electrons. The van der Waals surface area contributed by atoms with Gasteiger partial charge in [0.25, 0.3) is 0 Å². The predicted molar refractivity (Wildman–Crippen MR) is 77.1 cm³/mol. The lowest BCUT2D eigenvalue weighted by atomic mass is 10.1. The van der Waals surface area contributed by atoms with Gasteiger partial charge in [-0.15, -0.1) is 0 Å². The van der Waals surface area contributed by atoms with Gasteiger partial charge in [0.2, 0.25) is 0 Å². The number of hydrogen-bond acceptors (Lipinski definition) is 1. The molecule has 2 aromatic rings. The molecule has 3 rings (SSSR count). The van der Waals surface area contributed by atoms with Crippen LogP contribution in [0.25, 0.3) is 0 Å². The standard InChI is InChI=1S/C17H21NO/c1-12-7-13(2)9-14(8-12)10-18-6-5-16(11-18)17(19)15-3-4-15/h5-9,11,15,17,19H,3-4,10H2,1-2H3. The molecule has 1 heterocycles. The van der Waals surface area contributed by atoms with Crippen molar-refractivity contribution in [3.05, 3.63) is 58.9 Å². The number of hydrogen-bond donors (Lipinski definition) is 1. The van der Waals surface area contributed by atoms with Crippen LogP contribution in [0.4, 0.5) is 0 Å². The molecule has 1 aliphatic carbocycles. The SMILES string of the molecule is Cc1cc(C)cc(Cn2ccc(C(O)C3CC3)c2)c1. The third-order valence-electron chi connectivity index (χ3n) is 3.83. The Morgan fingerprint density at radius 2 is 1.89 bits per heavy atom. The quantitative estimate of drug-likeness (QED) is 0.887. The van der Waals surface area contributed by atoms with E-state index in [9.17, 15) is 5.11 Å². The molecule has 1 saturated carbocycles. The first-order valence-corrected chi connectivity index (χ1v) is 7.03. The smallest absolute Gasteiger partial charge is 0.0832 e. The number of aryl methyl sites for hydroxylation is 2. The molecule has 0 bridgehead atoms. The summed E-state index contributed by atoms with van der Waals surface area (Å²) in [5, 5.41) is 10.1. The minimum atomic E-state index is -0.263. The molecule has 1 atom stereocenters. The zero-order chi connectivity index (χ0) is 13.4. The minimum absolute atomic E-state index is 0.263. The van der Waals surface area contributed by atoms with E-state index in [1.54, 1.807) is 0 Å². The normalized spacial score (nSPS) is 16.6. The summed E-state index contributed by atoms with van der Waals surface area (Å²) in [4.78, 5) is 0. The highest BCUT2D eigenvalue weighted by molar-refractivity contribution is 5.29. The Balaban J connectivity index is 1.75. The molecule has 1 aromatic carbocycles. The Bertz CT molecular complexity index is 560. The Morgan fingerprint density at radius 1 is 1.21 bits per heavy atom. The number of aliphatic hydroxyl groups excluding tert-OH is 1. The minimum Gasteiger partial charge on any atom is -0.388 e. The van der Waals surface area contributed by atoms with Gasteiger partial charge in [-0.25, -0.2) is 0 Å². The maximum absolute atomic E-state index is 10.1. The topological polar surface area (TPSA) is 25.2 Å². The summed E-state index contributed by atoms with van der Waals surface area (Å²) in [6, 6.07) is 8.70. The monoisotopic (exact) mass is 255 g/mol. The van der Waals surface area contributed by atoms with E-state index in [1.807, 2.05) is 6.07 Å². The second-order valence-corrected chi connectivity index (χ2v) is 5.90. The second kappa shape index (κ2) is 4.86. The van der Waals surface area contributed by atoms with Gasteiger partial charge in [0.15, 0.2) is 0 Å². The lowest BCUT2D eigenvalue weighted by Gasteiger charge is -2.08. The number of benzene rings is 1. The van der Waals surface area contributed by atoms with Crippen LogP contribution in [0.2, 0.25) is 0 Å². The van der Waals surface area contributed by atoms with Crippen LogP contribution in [-0.2, 0) is 6.54 Å². The van der Waals surface area contributed by atoms with Crippen LogP contribution in [-0.4, -0.2) is 9.67 Å². The van der Waals surface area contributed by atoms with Gasteiger partial charge >= 0.3 is 0 Å². The lowest BCUT2D eigenvalue weighted by Crippen LogP contribution is -2.00. The van der Waals surface area contributed by atoms with Crippen molar-refractivity contribution in [2.45, 2.75) is 39.3 Å². The molecule has 2 nitrogen and oxygen atoms in total. The van der Waals surface area contributed by atoms with E-state index >= 15 is 0 Å². The largest absolute Gasteiger partial charge is 0.388 e. The molecule has 0 aliphatic heterocycles. The summed E-state index contributed by atoms with van der Waals surface area (Å²) >= 11 is 0. The predicted octanol–water partition coefficient (Wildman–Crippen LogP) is 3.60. The molecule has 0 saturated heterocycles. The van der Waals surface area contributed by atoms with Gasteiger partial charge in [-0.2, -0.15) is 0 Å². The third kappa shape index (κ3) is 2.90. The van der Waals surface area contributed by atoms with Crippen molar-refractivity contribution in [2.75, 3.05) is 0 Å². The maximum atomic E-state index is 10.1. The van der Waals surface area contributed by atoms with Crippen molar-refractivity contribution in [1.82, 2.24) is 4.57 Å². The summed E-state index contributed by atoms with van der Waals surface area (Å²) in [6.07, 6.45) is 6.23. The number of aliphatic hydroxyl groups is 1. The summed E-state index contributed by atoms with van der Waals surface area (Å²) in [5.41, 5.74) is 4.99. The first-order chi connectivity index (χ1) is 9.11. The molecule has 1 N–H and O–H groups in total. The summed E-state index contributed by atoms with van der Waals surface area (Å²) in [6.45, 7) is 5.14. The molecule has 1 unspecified atom stereocenters. The van der Waals surface area contributed by atoms with Gasteiger partial charge in [-0.05, 0) is 49.8 Å². The maximum Gasteiger partial charge on any atom is 0.0832 e. The van der Waals surface area contributed by atoms with Crippen LogP contribution in [0.15, 0.2) is 36.7 Å². The van der Waals surface area contributed by atoms with Gasteiger partial charge in [0, 0.05) is 18.9 Å². The average Bonchev–Trinajstić information content (AvgIpc) is 3.08. The highest BCUT2D eigenvalue weighted by Crippen LogP contribution is 2.40. The van der Waals surface area contributed by atoms with Gasteiger partial charge < -0.3 is 9.67 Å². The van der Waals surface area contributed by atoms with Gasteiger partial charge in [-0.1, -0.05) is 29.3 Å². The zero-order valence-electron chi connectivity index (χ0n) is 11.6. The Hall–Kier alpha value is -1.54. The molecule has 19 heavy (non-hydrogen) atoms. The van der Waals surface area contributed by atoms with E-state index in [0.717, 1.165) is 12.1 Å². The Labute approximate surface area is 114 Å². The fraction of sp³-hybridized carbons (Fsp3) is 0.412. The van der Waals surface area contributed by atoms with E-state index in [0.29, 0.717) is 5.92 Å². The fourth-order valence-corrected chi connectivity index (χ4v) is 2.79. The Morgan fingerprint density at radius 3 is 2.53 bits per heavy atom. The highest BCUT2D eigenvalue weighted by Gasteiger charge is 2.31. The van der Waals surface area contributed by atoms with Crippen LogP contribution in [0.5, 0.6) is 0 Å². The molecular formula is C17H21NO. The molecule has 2 heteroatoms. The van der Waals surface area contributed by atoms with Crippen LogP contribution in [0.3, 0.4) is 0 Å². The molecule has 1 aliphatic rings. The first kappa shape index (κ1) is 12.5. The van der Waals surface area contributed by atoms with Crippen molar-refractivity contribution in [3.63, 3.8) is 0 Å². The van der Waals surface area contributed by atoms with Crippen LogP contribution in [0.1, 0.15) is 41.2 Å². The highest BCUT2D eigenvalue weighted by atomic mass is 16.3. The second-order valence-electron chi connectivity index (χ2n) is 5.90. The molecular weight excluding hydrogens is 234 g/mol. The van der Waals surface area contributed by atoms with Crippen molar-refractivity contribution in [2.24, 2.45) is 5.92 Å². The van der Waals surface area contributed by atoms with Crippen LogP contribution in [0, 0.1) is 19.8 Å². The fourth-order valence-electron chi connectivity index (χ4n) is 2.79. The summed E-state index contributed by atoms with van der Waals surface area (Å²) < 4.78 is 2.16. The van der Waals surface area contributed by atoms with Crippen LogP contribution < -0.4 is 0 Å². The molecule has 1 aromatic heterocycles. The van der Waals surface area contributed by atoms with Gasteiger partial charge in [0.1, 0.15) is 0 Å². The van der Waals surface area contributed by atoms with Crippen molar-refractivity contribution in [3.8, 4) is 0 Å². The van der Waals surface area contributed by atoms with Crippen molar-refractivity contribution < 1.29 is 5.11 Å². The van der Waals surface area contributed by atoms with E-state index in [1.165, 1.54) is 29.5 Å². The number of nitrogens with zero attached hydrogens (tertiary/aromatic N) is 1. The number of aromatic nitrogens is 1. The van der Waals surface area contributed by atoms with Gasteiger partial charge in [-0.3, -0.25) is 0 Å². The average molecular weight is 255 g/mol. The number of rotatable bonds is 4. The molecule has 0 amide bonds. The molecule has 0 spiro atoms. The Kier molecular flexibility index (Phi) is 3.19. The van der Waals surface area contributed by atoms with Crippen molar-refractivity contribution >= 4 is 0 Å². The van der Waals surface area contributed by atoms with Gasteiger partial charge in [0.05, 0.1) is 6.10 Å². The third-order valence-corrected chi connectivity index (χ3v) is 3.83. The van der Waals surface area contributed by atoms with Crippen LogP contribution >= 0.6 is 0 Å².